The standard InChI is InChI=1S/C25H29F3N4O4/c1-36-21-7-3-6-20(31-21)24(35)10-8-18(9-11-24)32(19-13-29-14-19)22(33)15-30-23(34)16-4-2-5-17(12-16)25(26,27)28/h2-7,12,18-19,29,35H,8-11,13-15H2,1H3,(H,30,34). The predicted octanol–water partition coefficient (Wildman–Crippen LogP) is 2.47. The van der Waals surface area contributed by atoms with Crippen molar-refractivity contribution in [2.45, 2.75) is 49.5 Å². The second kappa shape index (κ2) is 10.4. The molecule has 11 heteroatoms. The molecule has 0 unspecified atom stereocenters. The lowest BCUT2D eigenvalue weighted by Gasteiger charge is -2.46. The summed E-state index contributed by atoms with van der Waals surface area (Å²) >= 11 is 0. The van der Waals surface area contributed by atoms with Gasteiger partial charge in [-0.2, -0.15) is 13.2 Å². The van der Waals surface area contributed by atoms with Crippen LogP contribution in [0.25, 0.3) is 0 Å². The Kier molecular flexibility index (Phi) is 7.51. The lowest BCUT2D eigenvalue weighted by Crippen LogP contribution is -2.63. The van der Waals surface area contributed by atoms with Crippen LogP contribution in [-0.2, 0) is 16.6 Å². The fourth-order valence-corrected chi connectivity index (χ4v) is 4.76. The van der Waals surface area contributed by atoms with Gasteiger partial charge < -0.3 is 25.4 Å². The summed E-state index contributed by atoms with van der Waals surface area (Å²) in [5, 5.41) is 16.8. The van der Waals surface area contributed by atoms with Crippen molar-refractivity contribution in [3.8, 4) is 5.88 Å². The van der Waals surface area contributed by atoms with Gasteiger partial charge in [0.2, 0.25) is 11.8 Å². The van der Waals surface area contributed by atoms with Crippen LogP contribution in [0.3, 0.4) is 0 Å². The van der Waals surface area contributed by atoms with Gasteiger partial charge in [-0.15, -0.1) is 0 Å². The van der Waals surface area contributed by atoms with E-state index in [9.17, 15) is 27.9 Å². The van der Waals surface area contributed by atoms with Crippen molar-refractivity contribution in [1.29, 1.82) is 0 Å². The Balaban J connectivity index is 1.40. The normalized spacial score (nSPS) is 22.4. The van der Waals surface area contributed by atoms with Crippen LogP contribution < -0.4 is 15.4 Å². The Morgan fingerprint density at radius 3 is 2.47 bits per heavy atom. The van der Waals surface area contributed by atoms with Crippen LogP contribution >= 0.6 is 0 Å². The summed E-state index contributed by atoms with van der Waals surface area (Å²) in [5.74, 6) is -0.642. The number of halogens is 3. The summed E-state index contributed by atoms with van der Waals surface area (Å²) in [6, 6.07) is 9.13. The van der Waals surface area contributed by atoms with Crippen molar-refractivity contribution < 1.29 is 32.6 Å². The molecule has 2 amide bonds. The molecule has 0 atom stereocenters. The van der Waals surface area contributed by atoms with Crippen molar-refractivity contribution in [2.75, 3.05) is 26.7 Å². The highest BCUT2D eigenvalue weighted by atomic mass is 19.4. The van der Waals surface area contributed by atoms with Crippen molar-refractivity contribution in [1.82, 2.24) is 20.5 Å². The SMILES string of the molecule is COc1cccc(C2(O)CCC(N(C(=O)CNC(=O)c3cccc(C(F)(F)F)c3)C3CNC3)CC2)n1. The van der Waals surface area contributed by atoms with Gasteiger partial charge in [-0.1, -0.05) is 12.1 Å². The minimum absolute atomic E-state index is 0.0471. The van der Waals surface area contributed by atoms with Gasteiger partial charge in [0.05, 0.1) is 31.0 Å². The van der Waals surface area contributed by atoms with Gasteiger partial charge in [-0.25, -0.2) is 4.98 Å². The maximum atomic E-state index is 13.2. The highest BCUT2D eigenvalue weighted by Gasteiger charge is 2.42. The van der Waals surface area contributed by atoms with E-state index in [0.29, 0.717) is 50.3 Å². The summed E-state index contributed by atoms with van der Waals surface area (Å²) in [5.41, 5.74) is -1.70. The van der Waals surface area contributed by atoms with Crippen LogP contribution in [0.15, 0.2) is 42.5 Å². The Bertz CT molecular complexity index is 1100. The molecule has 1 aliphatic heterocycles. The predicted molar refractivity (Wildman–Crippen MR) is 124 cm³/mol. The van der Waals surface area contributed by atoms with Gasteiger partial charge >= 0.3 is 6.18 Å². The first-order chi connectivity index (χ1) is 17.1. The first-order valence-electron chi connectivity index (χ1n) is 11.8. The maximum Gasteiger partial charge on any atom is 0.416 e. The number of alkyl halides is 3. The molecule has 3 N–H and O–H groups in total. The first kappa shape index (κ1) is 25.9. The van der Waals surface area contributed by atoms with E-state index in [1.54, 1.807) is 23.1 Å². The minimum atomic E-state index is -4.57. The van der Waals surface area contributed by atoms with E-state index in [-0.39, 0.29) is 30.1 Å². The number of ether oxygens (including phenoxy) is 1. The van der Waals surface area contributed by atoms with Crippen LogP contribution in [0.1, 0.15) is 47.3 Å². The zero-order chi connectivity index (χ0) is 25.9. The molecule has 1 saturated carbocycles. The Labute approximate surface area is 206 Å². The van der Waals surface area contributed by atoms with E-state index in [1.807, 2.05) is 0 Å². The molecule has 0 bridgehead atoms. The van der Waals surface area contributed by atoms with Crippen LogP contribution in [0.2, 0.25) is 0 Å². The number of pyridine rings is 1. The topological polar surface area (TPSA) is 104 Å². The number of hydrogen-bond acceptors (Lipinski definition) is 6. The van der Waals surface area contributed by atoms with Gasteiger partial charge in [0, 0.05) is 30.8 Å². The van der Waals surface area contributed by atoms with Crippen LogP contribution in [0.4, 0.5) is 13.2 Å². The molecular formula is C25H29F3N4O4. The molecule has 36 heavy (non-hydrogen) atoms. The third-order valence-electron chi connectivity index (χ3n) is 6.88. The number of carbonyl (C=O) groups excluding carboxylic acids is 2. The van der Waals surface area contributed by atoms with E-state index in [0.717, 1.165) is 18.2 Å². The van der Waals surface area contributed by atoms with Crippen LogP contribution in [0.5, 0.6) is 5.88 Å². The maximum absolute atomic E-state index is 13.2. The van der Waals surface area contributed by atoms with Gasteiger partial charge in [0.25, 0.3) is 5.91 Å². The number of nitrogens with one attached hydrogen (secondary N) is 2. The minimum Gasteiger partial charge on any atom is -0.481 e. The molecule has 8 nitrogen and oxygen atoms in total. The van der Waals surface area contributed by atoms with E-state index < -0.39 is 23.2 Å². The molecule has 4 rings (SSSR count). The van der Waals surface area contributed by atoms with Crippen molar-refractivity contribution in [3.05, 3.63) is 59.3 Å². The van der Waals surface area contributed by atoms with Gasteiger partial charge in [0.15, 0.2) is 0 Å². The fourth-order valence-electron chi connectivity index (χ4n) is 4.76. The molecule has 1 aliphatic carbocycles. The third kappa shape index (κ3) is 5.62. The van der Waals surface area contributed by atoms with Crippen LogP contribution in [0, 0.1) is 0 Å². The van der Waals surface area contributed by atoms with E-state index in [4.69, 9.17) is 4.74 Å². The number of nitrogens with zero attached hydrogens (tertiary/aromatic N) is 2. The lowest BCUT2D eigenvalue weighted by molar-refractivity contribution is -0.139. The zero-order valence-corrected chi connectivity index (χ0v) is 19.8. The number of carbonyl (C=O) groups is 2. The van der Waals surface area contributed by atoms with Crippen molar-refractivity contribution in [3.63, 3.8) is 0 Å². The largest absolute Gasteiger partial charge is 0.481 e. The molecule has 1 saturated heterocycles. The summed E-state index contributed by atoms with van der Waals surface area (Å²) < 4.78 is 44.1. The van der Waals surface area contributed by atoms with Crippen molar-refractivity contribution in [2.24, 2.45) is 0 Å². The molecule has 1 aromatic carbocycles. The lowest BCUT2D eigenvalue weighted by atomic mass is 9.78. The number of methoxy groups -OCH3 is 1. The Morgan fingerprint density at radius 2 is 1.86 bits per heavy atom. The summed E-state index contributed by atoms with van der Waals surface area (Å²) in [4.78, 5) is 31.8. The number of aliphatic hydroxyl groups is 1. The number of benzene rings is 1. The Morgan fingerprint density at radius 1 is 1.17 bits per heavy atom. The zero-order valence-electron chi connectivity index (χ0n) is 19.8. The molecule has 0 spiro atoms. The average molecular weight is 507 g/mol. The molecular weight excluding hydrogens is 477 g/mol. The average Bonchev–Trinajstić information content (AvgIpc) is 2.84. The quantitative estimate of drug-likeness (QED) is 0.533. The highest BCUT2D eigenvalue weighted by Crippen LogP contribution is 2.39. The number of aromatic nitrogens is 1. The Hall–Kier alpha value is -3.18. The van der Waals surface area contributed by atoms with Gasteiger partial charge in [-0.3, -0.25) is 9.59 Å². The van der Waals surface area contributed by atoms with Crippen LogP contribution in [-0.4, -0.2) is 65.6 Å². The summed E-state index contributed by atoms with van der Waals surface area (Å²) in [6.45, 7) is 0.904. The molecule has 1 aromatic heterocycles. The number of rotatable bonds is 7. The molecule has 2 heterocycles. The fraction of sp³-hybridized carbons (Fsp3) is 0.480. The molecule has 194 valence electrons. The molecule has 2 aromatic rings. The van der Waals surface area contributed by atoms with E-state index >= 15 is 0 Å². The van der Waals surface area contributed by atoms with E-state index in [2.05, 4.69) is 15.6 Å². The summed E-state index contributed by atoms with van der Waals surface area (Å²) in [7, 11) is 1.51. The molecule has 0 radical (unpaired) electrons. The monoisotopic (exact) mass is 506 g/mol. The first-order valence-corrected chi connectivity index (χ1v) is 11.8. The molecule has 2 aliphatic rings. The second-order valence-corrected chi connectivity index (χ2v) is 9.20. The molecule has 2 fully saturated rings. The third-order valence-corrected chi connectivity index (χ3v) is 6.88. The van der Waals surface area contributed by atoms with Gasteiger partial charge in [-0.05, 0) is 49.9 Å². The highest BCUT2D eigenvalue weighted by molar-refractivity contribution is 5.96. The summed E-state index contributed by atoms with van der Waals surface area (Å²) in [6.07, 6.45) is -2.68. The smallest absolute Gasteiger partial charge is 0.416 e. The number of amides is 2. The van der Waals surface area contributed by atoms with Gasteiger partial charge in [0.1, 0.15) is 5.60 Å². The van der Waals surface area contributed by atoms with Crippen molar-refractivity contribution >= 4 is 11.8 Å². The number of hydrogen-bond donors (Lipinski definition) is 3. The van der Waals surface area contributed by atoms with E-state index in [1.165, 1.54) is 13.2 Å². The second-order valence-electron chi connectivity index (χ2n) is 9.20.